The first-order chi connectivity index (χ1) is 12.4. The number of nitrogens with zero attached hydrogens (tertiary/aromatic N) is 2. The number of guanidine groups is 1. The van der Waals surface area contributed by atoms with Crippen LogP contribution in [0.15, 0.2) is 29.3 Å². The molecule has 0 saturated carbocycles. The number of halogens is 1. The van der Waals surface area contributed by atoms with Crippen molar-refractivity contribution >= 4 is 29.9 Å². The van der Waals surface area contributed by atoms with E-state index in [2.05, 4.69) is 74.5 Å². The third-order valence-electron chi connectivity index (χ3n) is 5.10. The highest BCUT2D eigenvalue weighted by Gasteiger charge is 2.29. The Balaban J connectivity index is 0.00000364. The average Bonchev–Trinajstić information content (AvgIpc) is 3.05. The monoisotopic (exact) mass is 488 g/mol. The van der Waals surface area contributed by atoms with Gasteiger partial charge in [-0.25, -0.2) is 4.99 Å². The van der Waals surface area contributed by atoms with E-state index in [9.17, 15) is 0 Å². The second kappa shape index (κ2) is 11.9. The molecule has 0 aromatic heterocycles. The van der Waals surface area contributed by atoms with E-state index >= 15 is 0 Å². The van der Waals surface area contributed by atoms with Gasteiger partial charge in [-0.3, -0.25) is 4.90 Å². The fourth-order valence-electron chi connectivity index (χ4n) is 3.07. The zero-order chi connectivity index (χ0) is 19.0. The van der Waals surface area contributed by atoms with Gasteiger partial charge in [-0.2, -0.15) is 0 Å². The molecular formula is C21H37IN4O. The smallest absolute Gasteiger partial charge is 0.191 e. The molecule has 6 heteroatoms. The van der Waals surface area contributed by atoms with Crippen molar-refractivity contribution in [1.29, 1.82) is 0 Å². The molecule has 1 fully saturated rings. The molecule has 1 unspecified atom stereocenters. The van der Waals surface area contributed by atoms with Gasteiger partial charge < -0.3 is 15.4 Å². The molecule has 2 rings (SSSR count). The summed E-state index contributed by atoms with van der Waals surface area (Å²) >= 11 is 0. The van der Waals surface area contributed by atoms with Crippen molar-refractivity contribution in [2.75, 3.05) is 26.7 Å². The SMILES string of the molecule is CCNC(=NCc1ccccc1CN(C)C(C)C)NCC1(C)CCCO1.I. The predicted octanol–water partition coefficient (Wildman–Crippen LogP) is 3.77. The van der Waals surface area contributed by atoms with Gasteiger partial charge in [0.25, 0.3) is 0 Å². The Hall–Kier alpha value is -0.860. The van der Waals surface area contributed by atoms with Crippen molar-refractivity contribution in [3.8, 4) is 0 Å². The van der Waals surface area contributed by atoms with Gasteiger partial charge in [-0.1, -0.05) is 24.3 Å². The van der Waals surface area contributed by atoms with Crippen LogP contribution in [-0.4, -0.2) is 49.2 Å². The molecule has 1 heterocycles. The lowest BCUT2D eigenvalue weighted by Gasteiger charge is -2.25. The molecule has 1 aromatic carbocycles. The van der Waals surface area contributed by atoms with Crippen LogP contribution in [0.5, 0.6) is 0 Å². The summed E-state index contributed by atoms with van der Waals surface area (Å²) in [4.78, 5) is 7.16. The van der Waals surface area contributed by atoms with Crippen molar-refractivity contribution in [2.45, 2.75) is 65.3 Å². The van der Waals surface area contributed by atoms with E-state index in [1.54, 1.807) is 0 Å². The molecule has 2 N–H and O–H groups in total. The Kier molecular flexibility index (Phi) is 10.6. The molecule has 1 aliphatic heterocycles. The van der Waals surface area contributed by atoms with E-state index in [0.29, 0.717) is 12.6 Å². The summed E-state index contributed by atoms with van der Waals surface area (Å²) in [6.45, 7) is 12.8. The van der Waals surface area contributed by atoms with Crippen molar-refractivity contribution < 1.29 is 4.74 Å². The summed E-state index contributed by atoms with van der Waals surface area (Å²) in [5.41, 5.74) is 2.54. The molecule has 1 aliphatic rings. The first-order valence-electron chi connectivity index (χ1n) is 9.86. The molecular weight excluding hydrogens is 451 g/mol. The van der Waals surface area contributed by atoms with Crippen LogP contribution >= 0.6 is 24.0 Å². The minimum Gasteiger partial charge on any atom is -0.373 e. The number of hydrogen-bond acceptors (Lipinski definition) is 3. The van der Waals surface area contributed by atoms with Gasteiger partial charge in [0.1, 0.15) is 0 Å². The standard InChI is InChI=1S/C21H36N4O.HI/c1-6-22-20(24-16-21(4)12-9-13-26-21)23-14-18-10-7-8-11-19(18)15-25(5)17(2)3;/h7-8,10-11,17H,6,9,12-16H2,1-5H3,(H2,22,23,24);1H. The van der Waals surface area contributed by atoms with Crippen molar-refractivity contribution in [3.63, 3.8) is 0 Å². The number of nitrogens with one attached hydrogen (secondary N) is 2. The first kappa shape index (κ1) is 24.2. The highest BCUT2D eigenvalue weighted by Crippen LogP contribution is 2.23. The van der Waals surface area contributed by atoms with E-state index in [1.807, 2.05) is 0 Å². The largest absolute Gasteiger partial charge is 0.373 e. The van der Waals surface area contributed by atoms with Gasteiger partial charge >= 0.3 is 0 Å². The van der Waals surface area contributed by atoms with E-state index in [1.165, 1.54) is 11.1 Å². The Bertz CT molecular complexity index is 585. The Morgan fingerprint density at radius 1 is 1.26 bits per heavy atom. The molecule has 0 radical (unpaired) electrons. The summed E-state index contributed by atoms with van der Waals surface area (Å²) in [7, 11) is 2.17. The van der Waals surface area contributed by atoms with Crippen LogP contribution in [0.25, 0.3) is 0 Å². The van der Waals surface area contributed by atoms with Crippen LogP contribution < -0.4 is 10.6 Å². The van der Waals surface area contributed by atoms with E-state index < -0.39 is 0 Å². The third kappa shape index (κ3) is 7.95. The highest BCUT2D eigenvalue weighted by atomic mass is 127. The van der Waals surface area contributed by atoms with Crippen LogP contribution in [0.1, 0.15) is 51.7 Å². The van der Waals surface area contributed by atoms with Gasteiger partial charge in [-0.05, 0) is 58.7 Å². The first-order valence-corrected chi connectivity index (χ1v) is 9.86. The number of ether oxygens (including phenoxy) is 1. The van der Waals surface area contributed by atoms with Crippen LogP contribution in [0.4, 0.5) is 0 Å². The summed E-state index contributed by atoms with van der Waals surface area (Å²) < 4.78 is 5.87. The predicted molar refractivity (Wildman–Crippen MR) is 125 cm³/mol. The molecule has 0 aliphatic carbocycles. The lowest BCUT2D eigenvalue weighted by molar-refractivity contribution is 0.0243. The Labute approximate surface area is 182 Å². The van der Waals surface area contributed by atoms with Crippen LogP contribution in [0, 0.1) is 0 Å². The molecule has 154 valence electrons. The van der Waals surface area contributed by atoms with E-state index in [-0.39, 0.29) is 29.6 Å². The van der Waals surface area contributed by atoms with Gasteiger partial charge in [0.15, 0.2) is 5.96 Å². The lowest BCUT2D eigenvalue weighted by Crippen LogP contribution is -2.45. The Morgan fingerprint density at radius 3 is 2.56 bits per heavy atom. The zero-order valence-corrected chi connectivity index (χ0v) is 19.9. The summed E-state index contributed by atoms with van der Waals surface area (Å²) in [5, 5.41) is 6.80. The van der Waals surface area contributed by atoms with Crippen molar-refractivity contribution in [3.05, 3.63) is 35.4 Å². The maximum Gasteiger partial charge on any atom is 0.191 e. The third-order valence-corrected chi connectivity index (χ3v) is 5.10. The Morgan fingerprint density at radius 2 is 1.96 bits per heavy atom. The molecule has 27 heavy (non-hydrogen) atoms. The van der Waals surface area contributed by atoms with Crippen LogP contribution in [-0.2, 0) is 17.8 Å². The van der Waals surface area contributed by atoms with Gasteiger partial charge in [-0.15, -0.1) is 24.0 Å². The van der Waals surface area contributed by atoms with E-state index in [0.717, 1.165) is 45.0 Å². The number of benzene rings is 1. The second-order valence-electron chi connectivity index (χ2n) is 7.73. The molecule has 1 aromatic rings. The minimum absolute atomic E-state index is 0. The maximum absolute atomic E-state index is 5.87. The van der Waals surface area contributed by atoms with E-state index in [4.69, 9.17) is 9.73 Å². The molecule has 1 atom stereocenters. The quantitative estimate of drug-likeness (QED) is 0.333. The summed E-state index contributed by atoms with van der Waals surface area (Å²) in [6.07, 6.45) is 2.24. The highest BCUT2D eigenvalue weighted by molar-refractivity contribution is 14.0. The molecule has 0 amide bonds. The lowest BCUT2D eigenvalue weighted by atomic mass is 10.0. The average molecular weight is 488 g/mol. The molecule has 0 spiro atoms. The zero-order valence-electron chi connectivity index (χ0n) is 17.5. The van der Waals surface area contributed by atoms with Crippen molar-refractivity contribution in [1.82, 2.24) is 15.5 Å². The van der Waals surface area contributed by atoms with Gasteiger partial charge in [0.05, 0.1) is 12.1 Å². The molecule has 5 nitrogen and oxygen atoms in total. The molecule has 0 bridgehead atoms. The van der Waals surface area contributed by atoms with Crippen molar-refractivity contribution in [2.24, 2.45) is 4.99 Å². The topological polar surface area (TPSA) is 48.9 Å². The fraction of sp³-hybridized carbons (Fsp3) is 0.667. The molecule has 1 saturated heterocycles. The van der Waals surface area contributed by atoms with Gasteiger partial charge in [0.2, 0.25) is 0 Å². The minimum atomic E-state index is -0.0753. The van der Waals surface area contributed by atoms with Gasteiger partial charge in [0, 0.05) is 32.3 Å². The summed E-state index contributed by atoms with van der Waals surface area (Å²) in [6, 6.07) is 9.11. The summed E-state index contributed by atoms with van der Waals surface area (Å²) in [5.74, 6) is 0.858. The maximum atomic E-state index is 5.87. The fourth-order valence-corrected chi connectivity index (χ4v) is 3.07. The van der Waals surface area contributed by atoms with Crippen LogP contribution in [0.3, 0.4) is 0 Å². The number of rotatable bonds is 8. The number of hydrogen-bond donors (Lipinski definition) is 2. The second-order valence-corrected chi connectivity index (χ2v) is 7.73. The normalized spacial score (nSPS) is 20.0. The number of aliphatic imine (C=N–C) groups is 1. The van der Waals surface area contributed by atoms with Crippen LogP contribution in [0.2, 0.25) is 0 Å².